The second kappa shape index (κ2) is 7.60. The van der Waals surface area contributed by atoms with Gasteiger partial charge in [0, 0.05) is 0 Å². The van der Waals surface area contributed by atoms with Gasteiger partial charge in [-0.1, -0.05) is 84.9 Å². The Labute approximate surface area is 139 Å². The molecule has 23 heavy (non-hydrogen) atoms. The van der Waals surface area contributed by atoms with E-state index in [9.17, 15) is 0 Å². The van der Waals surface area contributed by atoms with E-state index in [1.54, 1.807) is 0 Å². The molecule has 0 saturated heterocycles. The molecule has 0 heteroatoms. The third-order valence-corrected chi connectivity index (χ3v) is 4.17. The Morgan fingerprint density at radius 3 is 2.00 bits per heavy atom. The average molecular weight is 298 g/mol. The lowest BCUT2D eigenvalue weighted by Crippen LogP contribution is -1.90. The fourth-order valence-corrected chi connectivity index (χ4v) is 2.93. The minimum Gasteiger partial charge on any atom is -0.103 e. The average Bonchev–Trinajstić information content (AvgIpc) is 2.63. The van der Waals surface area contributed by atoms with Crippen molar-refractivity contribution in [1.82, 2.24) is 0 Å². The van der Waals surface area contributed by atoms with Crippen LogP contribution in [-0.2, 0) is 6.42 Å². The molecule has 0 atom stereocenters. The summed E-state index contributed by atoms with van der Waals surface area (Å²) in [5.74, 6) is 0. The van der Waals surface area contributed by atoms with Crippen molar-refractivity contribution in [3.8, 4) is 22.3 Å². The summed E-state index contributed by atoms with van der Waals surface area (Å²) >= 11 is 0. The quantitative estimate of drug-likeness (QED) is 0.358. The highest BCUT2D eigenvalue weighted by Gasteiger charge is 2.05. The van der Waals surface area contributed by atoms with E-state index in [0.717, 1.165) is 19.3 Å². The van der Waals surface area contributed by atoms with Crippen LogP contribution < -0.4 is 0 Å². The van der Waals surface area contributed by atoms with Gasteiger partial charge in [0.25, 0.3) is 0 Å². The first-order valence-electron chi connectivity index (χ1n) is 8.23. The highest BCUT2D eigenvalue weighted by molar-refractivity contribution is 5.72. The minimum absolute atomic E-state index is 1.07. The van der Waals surface area contributed by atoms with Gasteiger partial charge < -0.3 is 0 Å². The fourth-order valence-electron chi connectivity index (χ4n) is 2.93. The van der Waals surface area contributed by atoms with Crippen LogP contribution in [0.2, 0.25) is 0 Å². The highest BCUT2D eigenvalue weighted by atomic mass is 14.1. The summed E-state index contributed by atoms with van der Waals surface area (Å²) in [5, 5.41) is 0. The van der Waals surface area contributed by atoms with Crippen molar-refractivity contribution in [1.29, 1.82) is 0 Å². The monoisotopic (exact) mass is 298 g/mol. The molecule has 3 aromatic carbocycles. The molecule has 3 aromatic rings. The number of hydrogen-bond acceptors (Lipinski definition) is 0. The Bertz CT molecular complexity index is 752. The molecule has 0 aliphatic rings. The predicted molar refractivity (Wildman–Crippen MR) is 100 cm³/mol. The molecule has 114 valence electrons. The van der Waals surface area contributed by atoms with E-state index in [4.69, 9.17) is 0 Å². The number of allylic oxidation sites excluding steroid dienone is 1. The molecule has 0 unspecified atom stereocenters. The molecule has 0 aliphatic carbocycles. The first-order chi connectivity index (χ1) is 11.4. The van der Waals surface area contributed by atoms with Gasteiger partial charge in [0.1, 0.15) is 0 Å². The van der Waals surface area contributed by atoms with E-state index >= 15 is 0 Å². The molecule has 3 rings (SSSR count). The van der Waals surface area contributed by atoms with Crippen LogP contribution in [0.1, 0.15) is 18.4 Å². The Morgan fingerprint density at radius 1 is 0.652 bits per heavy atom. The first kappa shape index (κ1) is 15.3. The maximum absolute atomic E-state index is 3.81. The zero-order valence-electron chi connectivity index (χ0n) is 13.4. The summed E-state index contributed by atoms with van der Waals surface area (Å²) in [4.78, 5) is 0. The summed E-state index contributed by atoms with van der Waals surface area (Å²) < 4.78 is 0. The van der Waals surface area contributed by atoms with Gasteiger partial charge in [-0.05, 0) is 47.1 Å². The van der Waals surface area contributed by atoms with E-state index in [0.29, 0.717) is 0 Å². The zero-order chi connectivity index (χ0) is 15.9. The van der Waals surface area contributed by atoms with Crippen molar-refractivity contribution in [3.63, 3.8) is 0 Å². The Hall–Kier alpha value is -2.60. The molecule has 0 aliphatic heterocycles. The van der Waals surface area contributed by atoms with Crippen molar-refractivity contribution < 1.29 is 0 Å². The molecule has 0 saturated carbocycles. The number of unbranched alkanes of at least 4 members (excludes halogenated alkanes) is 1. The molecule has 0 nitrogen and oxygen atoms in total. The van der Waals surface area contributed by atoms with Gasteiger partial charge in [-0.3, -0.25) is 0 Å². The van der Waals surface area contributed by atoms with Crippen LogP contribution in [0.3, 0.4) is 0 Å². The summed E-state index contributed by atoms with van der Waals surface area (Å²) in [5.41, 5.74) is 6.58. The first-order valence-corrected chi connectivity index (χ1v) is 8.23. The molecular formula is C23H22. The normalized spacial score (nSPS) is 10.4. The van der Waals surface area contributed by atoms with E-state index < -0.39 is 0 Å². The summed E-state index contributed by atoms with van der Waals surface area (Å²) in [6.45, 7) is 3.81. The summed E-state index contributed by atoms with van der Waals surface area (Å²) in [6.07, 6.45) is 5.32. The fraction of sp³-hybridized carbons (Fsp3) is 0.130. The van der Waals surface area contributed by atoms with Crippen LogP contribution in [0.5, 0.6) is 0 Å². The van der Waals surface area contributed by atoms with Crippen LogP contribution in [0.15, 0.2) is 91.5 Å². The predicted octanol–water partition coefficient (Wildman–Crippen LogP) is 6.53. The third-order valence-electron chi connectivity index (χ3n) is 4.17. The molecule has 0 fully saturated rings. The van der Waals surface area contributed by atoms with Crippen LogP contribution in [0, 0.1) is 0 Å². The molecule has 0 N–H and O–H groups in total. The van der Waals surface area contributed by atoms with Crippen molar-refractivity contribution in [2.75, 3.05) is 0 Å². The maximum atomic E-state index is 3.81. The van der Waals surface area contributed by atoms with Crippen molar-refractivity contribution in [3.05, 3.63) is 97.1 Å². The Kier molecular flexibility index (Phi) is 5.06. The van der Waals surface area contributed by atoms with Gasteiger partial charge in [0.15, 0.2) is 0 Å². The largest absolute Gasteiger partial charge is 0.103 e. The van der Waals surface area contributed by atoms with Gasteiger partial charge in [-0.15, -0.1) is 6.58 Å². The number of benzene rings is 3. The molecule has 0 amide bonds. The number of hydrogen-bond donors (Lipinski definition) is 0. The van der Waals surface area contributed by atoms with Gasteiger partial charge in [0.05, 0.1) is 0 Å². The lowest BCUT2D eigenvalue weighted by atomic mass is 9.94. The highest BCUT2D eigenvalue weighted by Crippen LogP contribution is 2.28. The number of aryl methyl sites for hydroxylation is 1. The van der Waals surface area contributed by atoms with E-state index in [-0.39, 0.29) is 0 Å². The smallest absolute Gasteiger partial charge is 0.0152 e. The lowest BCUT2D eigenvalue weighted by molar-refractivity contribution is 0.845. The van der Waals surface area contributed by atoms with Crippen LogP contribution in [-0.4, -0.2) is 0 Å². The second-order valence-corrected chi connectivity index (χ2v) is 5.78. The van der Waals surface area contributed by atoms with E-state index in [1.165, 1.54) is 27.8 Å². The van der Waals surface area contributed by atoms with Gasteiger partial charge in [0.2, 0.25) is 0 Å². The van der Waals surface area contributed by atoms with Gasteiger partial charge >= 0.3 is 0 Å². The molecule has 0 heterocycles. The molecule has 0 aromatic heterocycles. The van der Waals surface area contributed by atoms with Crippen molar-refractivity contribution >= 4 is 0 Å². The Balaban J connectivity index is 1.86. The third kappa shape index (κ3) is 3.78. The van der Waals surface area contributed by atoms with Crippen molar-refractivity contribution in [2.45, 2.75) is 19.3 Å². The molecule has 0 spiro atoms. The maximum Gasteiger partial charge on any atom is -0.0152 e. The van der Waals surface area contributed by atoms with Crippen molar-refractivity contribution in [2.24, 2.45) is 0 Å². The minimum atomic E-state index is 1.07. The van der Waals surface area contributed by atoms with Crippen LogP contribution in [0.4, 0.5) is 0 Å². The van der Waals surface area contributed by atoms with E-state index in [2.05, 4.69) is 85.4 Å². The lowest BCUT2D eigenvalue weighted by Gasteiger charge is -2.10. The van der Waals surface area contributed by atoms with Gasteiger partial charge in [-0.25, -0.2) is 0 Å². The number of rotatable bonds is 6. The van der Waals surface area contributed by atoms with Crippen LogP contribution in [0.25, 0.3) is 22.3 Å². The molecule has 0 radical (unpaired) electrons. The summed E-state index contributed by atoms with van der Waals surface area (Å²) in [6, 6.07) is 28.1. The second-order valence-electron chi connectivity index (χ2n) is 5.78. The Morgan fingerprint density at radius 2 is 1.26 bits per heavy atom. The van der Waals surface area contributed by atoms with Gasteiger partial charge in [-0.2, -0.15) is 0 Å². The SMILES string of the molecule is C=CCCCc1ccccc1-c1ccc(-c2ccccc2)cc1. The molecule has 0 bridgehead atoms. The standard InChI is InChI=1S/C23H22/c1-2-3-5-12-21-13-8-9-14-23(21)22-17-15-20(16-18-22)19-10-6-4-7-11-19/h2,4,6-11,13-18H,1,3,5,12H2. The molecular weight excluding hydrogens is 276 g/mol. The van der Waals surface area contributed by atoms with E-state index in [1.807, 2.05) is 6.08 Å². The summed E-state index contributed by atoms with van der Waals surface area (Å²) in [7, 11) is 0. The topological polar surface area (TPSA) is 0 Å². The zero-order valence-corrected chi connectivity index (χ0v) is 13.4. The van der Waals surface area contributed by atoms with Crippen LogP contribution >= 0.6 is 0 Å².